The molecule has 156 valence electrons. The van der Waals surface area contributed by atoms with Gasteiger partial charge in [-0.25, -0.2) is 13.8 Å². The Morgan fingerprint density at radius 1 is 1.07 bits per heavy atom. The summed E-state index contributed by atoms with van der Waals surface area (Å²) in [5.74, 6) is -0.573. The van der Waals surface area contributed by atoms with Crippen LogP contribution in [0.3, 0.4) is 0 Å². The van der Waals surface area contributed by atoms with E-state index in [4.69, 9.17) is 0 Å². The first-order valence-electron chi connectivity index (χ1n) is 10.0. The summed E-state index contributed by atoms with van der Waals surface area (Å²) in [6.07, 6.45) is 1.90. The number of piperidine rings is 1. The normalized spacial score (nSPS) is 16.0. The van der Waals surface area contributed by atoms with Crippen molar-refractivity contribution >= 4 is 5.96 Å². The summed E-state index contributed by atoms with van der Waals surface area (Å²) in [5.41, 5.74) is 1.82. The number of nitrogens with zero attached hydrogens (tertiary/aromatic N) is 2. The minimum Gasteiger partial charge on any atom is -0.508 e. The molecule has 0 saturated carbocycles. The number of hydrogen-bond donors (Lipinski definition) is 3. The van der Waals surface area contributed by atoms with Crippen molar-refractivity contribution in [3.63, 3.8) is 0 Å². The lowest BCUT2D eigenvalue weighted by Gasteiger charge is -2.33. The Kier molecular flexibility index (Phi) is 7.41. The zero-order valence-electron chi connectivity index (χ0n) is 16.7. The van der Waals surface area contributed by atoms with E-state index in [9.17, 15) is 13.9 Å². The summed E-state index contributed by atoms with van der Waals surface area (Å²) in [7, 11) is 0. The molecule has 0 aromatic heterocycles. The molecule has 29 heavy (non-hydrogen) atoms. The zero-order chi connectivity index (χ0) is 20.6. The number of nitrogens with one attached hydrogen (secondary N) is 2. The molecule has 3 rings (SSSR count). The van der Waals surface area contributed by atoms with Crippen LogP contribution in [-0.2, 0) is 13.1 Å². The van der Waals surface area contributed by atoms with E-state index in [2.05, 4.69) is 20.5 Å². The van der Waals surface area contributed by atoms with Gasteiger partial charge in [0.2, 0.25) is 0 Å². The van der Waals surface area contributed by atoms with Crippen LogP contribution in [0.5, 0.6) is 5.75 Å². The number of guanidine groups is 1. The lowest BCUT2D eigenvalue weighted by molar-refractivity contribution is 0.198. The van der Waals surface area contributed by atoms with Crippen molar-refractivity contribution in [2.75, 3.05) is 19.6 Å². The molecule has 2 aromatic rings. The number of rotatable bonds is 6. The molecule has 0 atom stereocenters. The van der Waals surface area contributed by atoms with Gasteiger partial charge in [-0.05, 0) is 55.2 Å². The van der Waals surface area contributed by atoms with E-state index in [-0.39, 0.29) is 5.75 Å². The largest absolute Gasteiger partial charge is 0.508 e. The van der Waals surface area contributed by atoms with E-state index < -0.39 is 11.6 Å². The highest BCUT2D eigenvalue weighted by Crippen LogP contribution is 2.16. The number of aliphatic imine (C=N–C) groups is 1. The van der Waals surface area contributed by atoms with Gasteiger partial charge in [0.05, 0.1) is 6.54 Å². The van der Waals surface area contributed by atoms with Crippen LogP contribution >= 0.6 is 0 Å². The average Bonchev–Trinajstić information content (AvgIpc) is 2.72. The van der Waals surface area contributed by atoms with E-state index >= 15 is 0 Å². The molecule has 0 unspecified atom stereocenters. The Labute approximate surface area is 170 Å². The number of halogens is 2. The topological polar surface area (TPSA) is 59.9 Å². The smallest absolute Gasteiger partial charge is 0.191 e. The van der Waals surface area contributed by atoms with Crippen molar-refractivity contribution < 1.29 is 13.9 Å². The maximum Gasteiger partial charge on any atom is 0.191 e. The van der Waals surface area contributed by atoms with Crippen LogP contribution in [0.15, 0.2) is 47.5 Å². The number of likely N-dealkylation sites (tertiary alicyclic amines) is 1. The van der Waals surface area contributed by atoms with Crippen molar-refractivity contribution in [1.82, 2.24) is 15.5 Å². The first-order chi connectivity index (χ1) is 14.0. The van der Waals surface area contributed by atoms with Gasteiger partial charge in [0, 0.05) is 32.2 Å². The van der Waals surface area contributed by atoms with Crippen LogP contribution in [0, 0.1) is 11.6 Å². The number of phenols is 1. The van der Waals surface area contributed by atoms with Crippen LogP contribution in [-0.4, -0.2) is 41.6 Å². The second kappa shape index (κ2) is 10.2. The quantitative estimate of drug-likeness (QED) is 0.512. The van der Waals surface area contributed by atoms with E-state index in [1.807, 2.05) is 19.1 Å². The van der Waals surface area contributed by atoms with Crippen LogP contribution in [0.1, 0.15) is 30.9 Å². The van der Waals surface area contributed by atoms with E-state index in [1.165, 1.54) is 12.1 Å². The SMILES string of the molecule is CCNC(=NCc1ccc(O)cc1)NC1CCN(Cc2ccc(F)c(F)c2)CC1. The first kappa shape index (κ1) is 21.0. The summed E-state index contributed by atoms with van der Waals surface area (Å²) in [5, 5.41) is 16.1. The second-order valence-corrected chi connectivity index (χ2v) is 7.30. The van der Waals surface area contributed by atoms with Gasteiger partial charge < -0.3 is 15.7 Å². The van der Waals surface area contributed by atoms with Crippen molar-refractivity contribution in [3.05, 3.63) is 65.2 Å². The zero-order valence-corrected chi connectivity index (χ0v) is 16.7. The third kappa shape index (κ3) is 6.42. The predicted molar refractivity (Wildman–Crippen MR) is 111 cm³/mol. The standard InChI is InChI=1S/C22H28F2N4O/c1-2-25-22(26-14-16-3-6-19(29)7-4-16)27-18-9-11-28(12-10-18)15-17-5-8-20(23)21(24)13-17/h3-8,13,18,29H,2,9-12,14-15H2,1H3,(H2,25,26,27). The first-order valence-corrected chi connectivity index (χ1v) is 10.0. The number of phenolic OH excluding ortho intramolecular Hbond substituents is 1. The molecule has 0 aliphatic carbocycles. The van der Waals surface area contributed by atoms with Gasteiger partial charge >= 0.3 is 0 Å². The number of hydrogen-bond acceptors (Lipinski definition) is 3. The summed E-state index contributed by atoms with van der Waals surface area (Å²) >= 11 is 0. The molecule has 2 aromatic carbocycles. The van der Waals surface area contributed by atoms with Crippen LogP contribution in [0.4, 0.5) is 8.78 Å². The summed E-state index contributed by atoms with van der Waals surface area (Å²) in [6.45, 7) is 5.73. The molecule has 1 aliphatic rings. The van der Waals surface area contributed by atoms with Gasteiger partial charge in [-0.1, -0.05) is 18.2 Å². The molecule has 0 spiro atoms. The molecule has 1 aliphatic heterocycles. The lowest BCUT2D eigenvalue weighted by Crippen LogP contribution is -2.48. The Bertz CT molecular complexity index is 818. The molecule has 0 radical (unpaired) electrons. The molecule has 0 amide bonds. The molecular weight excluding hydrogens is 374 g/mol. The van der Waals surface area contributed by atoms with Crippen LogP contribution < -0.4 is 10.6 Å². The Hall–Kier alpha value is -2.67. The Morgan fingerprint density at radius 2 is 1.76 bits per heavy atom. The number of benzene rings is 2. The molecular formula is C22H28F2N4O. The van der Waals surface area contributed by atoms with Gasteiger partial charge in [-0.2, -0.15) is 0 Å². The van der Waals surface area contributed by atoms with E-state index in [0.717, 1.165) is 49.6 Å². The highest BCUT2D eigenvalue weighted by atomic mass is 19.2. The fraction of sp³-hybridized carbons (Fsp3) is 0.409. The molecule has 1 heterocycles. The predicted octanol–water partition coefficient (Wildman–Crippen LogP) is 3.39. The third-order valence-electron chi connectivity index (χ3n) is 5.02. The summed E-state index contributed by atoms with van der Waals surface area (Å²) in [4.78, 5) is 6.89. The molecule has 1 saturated heterocycles. The van der Waals surface area contributed by atoms with Gasteiger partial charge in [-0.15, -0.1) is 0 Å². The van der Waals surface area contributed by atoms with Gasteiger partial charge in [-0.3, -0.25) is 4.90 Å². The lowest BCUT2D eigenvalue weighted by atomic mass is 10.0. The third-order valence-corrected chi connectivity index (χ3v) is 5.02. The summed E-state index contributed by atoms with van der Waals surface area (Å²) < 4.78 is 26.5. The molecule has 5 nitrogen and oxygen atoms in total. The maximum absolute atomic E-state index is 13.4. The minimum atomic E-state index is -0.806. The van der Waals surface area contributed by atoms with Gasteiger partial charge in [0.1, 0.15) is 5.75 Å². The second-order valence-electron chi connectivity index (χ2n) is 7.30. The van der Waals surface area contributed by atoms with E-state index in [0.29, 0.717) is 19.1 Å². The van der Waals surface area contributed by atoms with Crippen LogP contribution in [0.2, 0.25) is 0 Å². The number of aromatic hydroxyl groups is 1. The molecule has 0 bridgehead atoms. The van der Waals surface area contributed by atoms with Crippen molar-refractivity contribution in [2.45, 2.75) is 38.9 Å². The summed E-state index contributed by atoms with van der Waals surface area (Å²) in [6, 6.07) is 11.5. The van der Waals surface area contributed by atoms with Crippen molar-refractivity contribution in [2.24, 2.45) is 4.99 Å². The highest BCUT2D eigenvalue weighted by molar-refractivity contribution is 5.80. The average molecular weight is 402 g/mol. The molecule has 7 heteroatoms. The molecule has 1 fully saturated rings. The highest BCUT2D eigenvalue weighted by Gasteiger charge is 2.20. The van der Waals surface area contributed by atoms with Gasteiger partial charge in [0.25, 0.3) is 0 Å². The Balaban J connectivity index is 1.49. The Morgan fingerprint density at radius 3 is 2.41 bits per heavy atom. The monoisotopic (exact) mass is 402 g/mol. The van der Waals surface area contributed by atoms with Crippen molar-refractivity contribution in [1.29, 1.82) is 0 Å². The fourth-order valence-corrected chi connectivity index (χ4v) is 3.42. The van der Waals surface area contributed by atoms with Crippen LogP contribution in [0.25, 0.3) is 0 Å². The van der Waals surface area contributed by atoms with Gasteiger partial charge in [0.15, 0.2) is 17.6 Å². The van der Waals surface area contributed by atoms with Crippen molar-refractivity contribution in [3.8, 4) is 5.75 Å². The minimum absolute atomic E-state index is 0.248. The maximum atomic E-state index is 13.4. The van der Waals surface area contributed by atoms with E-state index in [1.54, 1.807) is 18.2 Å². The molecule has 3 N–H and O–H groups in total. The fourth-order valence-electron chi connectivity index (χ4n) is 3.42.